The molecule has 0 radical (unpaired) electrons. The van der Waals surface area contributed by atoms with Crippen LogP contribution in [0.25, 0.3) is 0 Å². The Hall–Kier alpha value is -0.860. The van der Waals surface area contributed by atoms with Crippen LogP contribution in [-0.2, 0) is 15.9 Å². The fourth-order valence-electron chi connectivity index (χ4n) is 2.80. The number of ether oxygens (including phenoxy) is 2. The summed E-state index contributed by atoms with van der Waals surface area (Å²) in [5, 5.41) is 0. The average molecular weight is 290 g/mol. The lowest BCUT2D eigenvalue weighted by Gasteiger charge is -2.30. The molecule has 1 aromatic rings. The molecule has 118 valence electrons. The van der Waals surface area contributed by atoms with Crippen molar-refractivity contribution < 1.29 is 9.47 Å². The average Bonchev–Trinajstić information content (AvgIpc) is 2.54. The van der Waals surface area contributed by atoms with E-state index in [0.717, 1.165) is 13.0 Å². The van der Waals surface area contributed by atoms with Gasteiger partial charge in [-0.3, -0.25) is 0 Å². The van der Waals surface area contributed by atoms with Gasteiger partial charge in [-0.25, -0.2) is 0 Å². The summed E-state index contributed by atoms with van der Waals surface area (Å²) < 4.78 is 12.0. The van der Waals surface area contributed by atoms with E-state index < -0.39 is 0 Å². The quantitative estimate of drug-likeness (QED) is 0.623. The van der Waals surface area contributed by atoms with E-state index in [1.807, 2.05) is 0 Å². The maximum absolute atomic E-state index is 6.00. The van der Waals surface area contributed by atoms with Crippen molar-refractivity contribution in [3.63, 3.8) is 0 Å². The molecule has 21 heavy (non-hydrogen) atoms. The van der Waals surface area contributed by atoms with E-state index in [1.54, 1.807) is 0 Å². The number of hydrogen-bond donors (Lipinski definition) is 0. The van der Waals surface area contributed by atoms with Gasteiger partial charge in [0, 0.05) is 0 Å². The van der Waals surface area contributed by atoms with Crippen molar-refractivity contribution in [1.82, 2.24) is 0 Å². The van der Waals surface area contributed by atoms with Crippen LogP contribution in [-0.4, -0.2) is 19.3 Å². The van der Waals surface area contributed by atoms with Gasteiger partial charge in [0.05, 0.1) is 19.3 Å². The lowest BCUT2D eigenvalue weighted by molar-refractivity contribution is -0.137. The minimum Gasteiger partial charge on any atom is -0.373 e. The molecule has 1 aliphatic heterocycles. The highest BCUT2D eigenvalue weighted by Crippen LogP contribution is 2.25. The van der Waals surface area contributed by atoms with E-state index in [2.05, 4.69) is 38.1 Å². The number of rotatable bonds is 8. The summed E-state index contributed by atoms with van der Waals surface area (Å²) in [5.74, 6) is 0. The molecular weight excluding hydrogens is 260 g/mol. The topological polar surface area (TPSA) is 18.5 Å². The minimum absolute atomic E-state index is 0.118. The molecule has 2 heteroatoms. The molecule has 1 saturated heterocycles. The fraction of sp³-hybridized carbons (Fsp3) is 0.684. The molecule has 0 aromatic heterocycles. The Labute approximate surface area is 129 Å². The van der Waals surface area contributed by atoms with E-state index in [4.69, 9.17) is 9.47 Å². The summed E-state index contributed by atoms with van der Waals surface area (Å²) in [6.45, 7) is 5.91. The van der Waals surface area contributed by atoms with Gasteiger partial charge in [-0.2, -0.15) is 0 Å². The van der Waals surface area contributed by atoms with E-state index in [1.165, 1.54) is 49.7 Å². The van der Waals surface area contributed by atoms with Crippen LogP contribution >= 0.6 is 0 Å². The van der Waals surface area contributed by atoms with Crippen LogP contribution in [0.5, 0.6) is 0 Å². The normalized spacial score (nSPS) is 22.4. The van der Waals surface area contributed by atoms with Crippen LogP contribution < -0.4 is 0 Å². The molecule has 0 aliphatic carbocycles. The number of hydrogen-bond acceptors (Lipinski definition) is 2. The highest BCUT2D eigenvalue weighted by Gasteiger charge is 2.23. The maximum Gasteiger partial charge on any atom is 0.106 e. The first kappa shape index (κ1) is 16.5. The van der Waals surface area contributed by atoms with Gasteiger partial charge in [0.15, 0.2) is 0 Å². The predicted octanol–water partition coefficient (Wildman–Crippen LogP) is 5.07. The highest BCUT2D eigenvalue weighted by atomic mass is 16.6. The Morgan fingerprint density at radius 1 is 0.905 bits per heavy atom. The molecule has 0 N–H and O–H groups in total. The Bertz CT molecular complexity index is 377. The van der Waals surface area contributed by atoms with Crippen LogP contribution in [0.1, 0.15) is 69.6 Å². The van der Waals surface area contributed by atoms with E-state index in [9.17, 15) is 0 Å². The molecule has 2 nitrogen and oxygen atoms in total. The Kier molecular flexibility index (Phi) is 7.25. The van der Waals surface area contributed by atoms with E-state index in [0.29, 0.717) is 12.7 Å². The Balaban J connectivity index is 1.76. The van der Waals surface area contributed by atoms with Crippen molar-refractivity contribution in [3.05, 3.63) is 35.4 Å². The zero-order valence-electron chi connectivity index (χ0n) is 13.6. The number of benzene rings is 1. The molecule has 0 saturated carbocycles. The van der Waals surface area contributed by atoms with Crippen LogP contribution in [0.2, 0.25) is 0 Å². The lowest BCUT2D eigenvalue weighted by atomic mass is 10.0. The summed E-state index contributed by atoms with van der Waals surface area (Å²) >= 11 is 0. The molecule has 1 fully saturated rings. The summed E-state index contributed by atoms with van der Waals surface area (Å²) in [4.78, 5) is 0. The molecule has 1 heterocycles. The molecule has 0 unspecified atom stereocenters. The van der Waals surface area contributed by atoms with Crippen molar-refractivity contribution in [1.29, 1.82) is 0 Å². The van der Waals surface area contributed by atoms with Gasteiger partial charge in [-0.15, -0.1) is 0 Å². The van der Waals surface area contributed by atoms with Crippen LogP contribution in [0, 0.1) is 0 Å². The van der Waals surface area contributed by atoms with Gasteiger partial charge < -0.3 is 9.47 Å². The van der Waals surface area contributed by atoms with E-state index in [-0.39, 0.29) is 6.10 Å². The summed E-state index contributed by atoms with van der Waals surface area (Å²) in [7, 11) is 0. The maximum atomic E-state index is 6.00. The number of aryl methyl sites for hydroxylation is 1. The van der Waals surface area contributed by atoms with Gasteiger partial charge in [-0.05, 0) is 30.4 Å². The lowest BCUT2D eigenvalue weighted by Crippen LogP contribution is -2.31. The summed E-state index contributed by atoms with van der Waals surface area (Å²) in [5.41, 5.74) is 2.68. The Morgan fingerprint density at radius 2 is 1.67 bits per heavy atom. The van der Waals surface area contributed by atoms with Crippen molar-refractivity contribution in [3.8, 4) is 0 Å². The van der Waals surface area contributed by atoms with Gasteiger partial charge in [0.25, 0.3) is 0 Å². The third kappa shape index (κ3) is 5.44. The van der Waals surface area contributed by atoms with Crippen LogP contribution in [0.3, 0.4) is 0 Å². The summed E-state index contributed by atoms with van der Waals surface area (Å²) in [6, 6.07) is 8.89. The predicted molar refractivity (Wildman–Crippen MR) is 87.6 cm³/mol. The molecule has 1 aliphatic rings. The smallest absolute Gasteiger partial charge is 0.106 e. The Morgan fingerprint density at radius 3 is 2.29 bits per heavy atom. The molecule has 0 spiro atoms. The van der Waals surface area contributed by atoms with Crippen LogP contribution in [0.4, 0.5) is 0 Å². The second kappa shape index (κ2) is 9.22. The minimum atomic E-state index is 0.118. The fourth-order valence-corrected chi connectivity index (χ4v) is 2.80. The molecular formula is C19H30O2. The molecule has 0 amide bonds. The molecule has 2 rings (SSSR count). The zero-order valence-corrected chi connectivity index (χ0v) is 13.6. The molecule has 1 aromatic carbocycles. The van der Waals surface area contributed by atoms with Gasteiger partial charge >= 0.3 is 0 Å². The van der Waals surface area contributed by atoms with Crippen molar-refractivity contribution in [2.45, 2.75) is 71.0 Å². The standard InChI is InChI=1S/C19H30O2/c1-3-5-7-9-18-14-21-19(15-20-18)17-12-10-16(11-13-17)8-6-4-2/h10-13,18-19H,3-9,14-15H2,1-2H3/t18-,19-/m0/s1. The van der Waals surface area contributed by atoms with E-state index >= 15 is 0 Å². The second-order valence-electron chi connectivity index (χ2n) is 6.12. The van der Waals surface area contributed by atoms with Gasteiger partial charge in [0.1, 0.15) is 6.10 Å². The second-order valence-corrected chi connectivity index (χ2v) is 6.12. The van der Waals surface area contributed by atoms with Crippen molar-refractivity contribution >= 4 is 0 Å². The first-order valence-electron chi connectivity index (χ1n) is 8.65. The first-order chi connectivity index (χ1) is 10.3. The third-order valence-corrected chi connectivity index (χ3v) is 4.27. The molecule has 0 bridgehead atoms. The van der Waals surface area contributed by atoms with Crippen LogP contribution in [0.15, 0.2) is 24.3 Å². The number of unbranched alkanes of at least 4 members (excludes halogenated alkanes) is 3. The van der Waals surface area contributed by atoms with Gasteiger partial charge in [-0.1, -0.05) is 63.8 Å². The van der Waals surface area contributed by atoms with Gasteiger partial charge in [0.2, 0.25) is 0 Å². The molecule has 2 atom stereocenters. The summed E-state index contributed by atoms with van der Waals surface area (Å²) in [6.07, 6.45) is 9.06. The first-order valence-corrected chi connectivity index (χ1v) is 8.65. The highest BCUT2D eigenvalue weighted by molar-refractivity contribution is 5.24. The third-order valence-electron chi connectivity index (χ3n) is 4.27. The zero-order chi connectivity index (χ0) is 14.9. The van der Waals surface area contributed by atoms with Crippen molar-refractivity contribution in [2.75, 3.05) is 13.2 Å². The largest absolute Gasteiger partial charge is 0.373 e. The SMILES string of the molecule is CCCCC[C@H]1CO[C@H](c2ccc(CCCC)cc2)CO1. The monoisotopic (exact) mass is 290 g/mol. The van der Waals surface area contributed by atoms with Crippen molar-refractivity contribution in [2.24, 2.45) is 0 Å².